The Morgan fingerprint density at radius 1 is 0.929 bits per heavy atom. The highest BCUT2D eigenvalue weighted by atomic mass is 32.2. The van der Waals surface area contributed by atoms with Crippen molar-refractivity contribution >= 4 is 35.3 Å². The van der Waals surface area contributed by atoms with Crippen LogP contribution in [0.3, 0.4) is 0 Å². The highest BCUT2D eigenvalue weighted by molar-refractivity contribution is 8.00. The van der Waals surface area contributed by atoms with Crippen molar-refractivity contribution in [3.05, 3.63) is 53.6 Å². The molecule has 0 heterocycles. The van der Waals surface area contributed by atoms with E-state index in [-0.39, 0.29) is 22.7 Å². The zero-order chi connectivity index (χ0) is 20.7. The largest absolute Gasteiger partial charge is 0.497 e. The second kappa shape index (κ2) is 9.80. The summed E-state index contributed by atoms with van der Waals surface area (Å²) in [4.78, 5) is 37.3. The monoisotopic (exact) mass is 403 g/mol. The molecular formula is C20H21NO6S. The second-order valence-corrected chi connectivity index (χ2v) is 7.08. The van der Waals surface area contributed by atoms with Crippen LogP contribution in [0.15, 0.2) is 47.4 Å². The molecular weight excluding hydrogens is 382 g/mol. The molecule has 0 unspecified atom stereocenters. The lowest BCUT2D eigenvalue weighted by Gasteiger charge is -2.15. The summed E-state index contributed by atoms with van der Waals surface area (Å²) in [5.74, 6) is -0.800. The first-order chi connectivity index (χ1) is 13.4. The maximum Gasteiger partial charge on any atom is 0.339 e. The quantitative estimate of drug-likeness (QED) is 0.560. The molecule has 0 aliphatic heterocycles. The average Bonchev–Trinajstić information content (AvgIpc) is 2.72. The molecule has 1 N–H and O–H groups in total. The minimum absolute atomic E-state index is 0.144. The van der Waals surface area contributed by atoms with Gasteiger partial charge in [0.05, 0.1) is 43.4 Å². The van der Waals surface area contributed by atoms with Crippen LogP contribution in [0.5, 0.6) is 5.75 Å². The number of esters is 2. The number of thioether (sulfide) groups is 1. The molecule has 0 bridgehead atoms. The van der Waals surface area contributed by atoms with Crippen LogP contribution in [0.2, 0.25) is 0 Å². The van der Waals surface area contributed by atoms with E-state index in [1.54, 1.807) is 14.0 Å². The Labute approximate surface area is 167 Å². The van der Waals surface area contributed by atoms with E-state index in [4.69, 9.17) is 9.47 Å². The van der Waals surface area contributed by atoms with Gasteiger partial charge in [0, 0.05) is 4.90 Å². The SMILES string of the molecule is COC(=O)c1ccc(C(=O)OC)c(NC(=O)[C@H](C)Sc2ccc(OC)cc2)c1. The van der Waals surface area contributed by atoms with Crippen molar-refractivity contribution in [2.45, 2.75) is 17.1 Å². The number of benzene rings is 2. The third-order valence-corrected chi connectivity index (χ3v) is 4.96. The summed E-state index contributed by atoms with van der Waals surface area (Å²) in [6, 6.07) is 11.6. The van der Waals surface area contributed by atoms with Crippen LogP contribution in [0.4, 0.5) is 5.69 Å². The topological polar surface area (TPSA) is 90.9 Å². The maximum atomic E-state index is 12.6. The van der Waals surface area contributed by atoms with Gasteiger partial charge in [-0.05, 0) is 49.4 Å². The van der Waals surface area contributed by atoms with Crippen molar-refractivity contribution in [1.82, 2.24) is 0 Å². The van der Waals surface area contributed by atoms with Crippen LogP contribution in [0, 0.1) is 0 Å². The number of carbonyl (C=O) groups is 3. The van der Waals surface area contributed by atoms with E-state index in [0.717, 1.165) is 10.6 Å². The van der Waals surface area contributed by atoms with Crippen LogP contribution >= 0.6 is 11.8 Å². The number of carbonyl (C=O) groups excluding carboxylic acids is 3. The second-order valence-electron chi connectivity index (χ2n) is 5.67. The summed E-state index contributed by atoms with van der Waals surface area (Å²) in [6.07, 6.45) is 0. The fraction of sp³-hybridized carbons (Fsp3) is 0.250. The normalized spacial score (nSPS) is 11.3. The first-order valence-corrected chi connectivity index (χ1v) is 9.19. The number of nitrogens with one attached hydrogen (secondary N) is 1. The lowest BCUT2D eigenvalue weighted by molar-refractivity contribution is -0.115. The molecule has 0 fully saturated rings. The van der Waals surface area contributed by atoms with Gasteiger partial charge >= 0.3 is 11.9 Å². The van der Waals surface area contributed by atoms with E-state index in [0.29, 0.717) is 0 Å². The molecule has 0 aromatic heterocycles. The van der Waals surface area contributed by atoms with Gasteiger partial charge in [0.1, 0.15) is 5.75 Å². The molecule has 28 heavy (non-hydrogen) atoms. The van der Waals surface area contributed by atoms with Gasteiger partial charge < -0.3 is 19.5 Å². The number of ether oxygens (including phenoxy) is 3. The molecule has 2 rings (SSSR count). The molecule has 2 aromatic carbocycles. The van der Waals surface area contributed by atoms with Crippen molar-refractivity contribution < 1.29 is 28.6 Å². The van der Waals surface area contributed by atoms with Crippen LogP contribution < -0.4 is 10.1 Å². The van der Waals surface area contributed by atoms with Crippen LogP contribution in [-0.4, -0.2) is 44.4 Å². The van der Waals surface area contributed by atoms with Gasteiger partial charge in [-0.3, -0.25) is 4.79 Å². The fourth-order valence-corrected chi connectivity index (χ4v) is 3.19. The first kappa shape index (κ1) is 21.3. The van der Waals surface area contributed by atoms with Crippen LogP contribution in [0.1, 0.15) is 27.6 Å². The van der Waals surface area contributed by atoms with E-state index >= 15 is 0 Å². The smallest absolute Gasteiger partial charge is 0.339 e. The van der Waals surface area contributed by atoms with Crippen molar-refractivity contribution in [2.24, 2.45) is 0 Å². The number of hydrogen-bond acceptors (Lipinski definition) is 7. The van der Waals surface area contributed by atoms with E-state index in [9.17, 15) is 14.4 Å². The van der Waals surface area contributed by atoms with Crippen molar-refractivity contribution in [2.75, 3.05) is 26.6 Å². The molecule has 7 nitrogen and oxygen atoms in total. The molecule has 0 spiro atoms. The minimum atomic E-state index is -0.623. The number of amides is 1. The maximum absolute atomic E-state index is 12.6. The van der Waals surface area contributed by atoms with Crippen molar-refractivity contribution in [3.8, 4) is 5.75 Å². The Morgan fingerprint density at radius 3 is 2.14 bits per heavy atom. The fourth-order valence-electron chi connectivity index (χ4n) is 2.33. The highest BCUT2D eigenvalue weighted by Crippen LogP contribution is 2.27. The molecule has 0 radical (unpaired) electrons. The zero-order valence-corrected chi connectivity index (χ0v) is 16.8. The number of hydrogen-bond donors (Lipinski definition) is 1. The van der Waals surface area contributed by atoms with Crippen LogP contribution in [0.25, 0.3) is 0 Å². The summed E-state index contributed by atoms with van der Waals surface area (Å²) < 4.78 is 14.5. The molecule has 1 atom stereocenters. The lowest BCUT2D eigenvalue weighted by Crippen LogP contribution is -2.24. The van der Waals surface area contributed by atoms with Crippen molar-refractivity contribution in [3.63, 3.8) is 0 Å². The van der Waals surface area contributed by atoms with Gasteiger partial charge in [0.2, 0.25) is 5.91 Å². The van der Waals surface area contributed by atoms with E-state index in [2.05, 4.69) is 10.1 Å². The summed E-state index contributed by atoms with van der Waals surface area (Å²) in [7, 11) is 4.08. The predicted molar refractivity (Wildman–Crippen MR) is 106 cm³/mol. The summed E-state index contributed by atoms with van der Waals surface area (Å²) in [5.41, 5.74) is 0.535. The molecule has 0 aliphatic carbocycles. The summed E-state index contributed by atoms with van der Waals surface area (Å²) >= 11 is 1.35. The van der Waals surface area contributed by atoms with E-state index in [1.165, 1.54) is 44.2 Å². The molecule has 2 aromatic rings. The number of rotatable bonds is 7. The molecule has 148 valence electrons. The molecule has 0 aliphatic rings. The number of methoxy groups -OCH3 is 3. The Hall–Kier alpha value is -3.00. The average molecular weight is 403 g/mol. The van der Waals surface area contributed by atoms with Gasteiger partial charge in [-0.25, -0.2) is 9.59 Å². The third-order valence-electron chi connectivity index (χ3n) is 3.85. The molecule has 0 saturated heterocycles. The van der Waals surface area contributed by atoms with Gasteiger partial charge in [-0.2, -0.15) is 0 Å². The van der Waals surface area contributed by atoms with Crippen LogP contribution in [-0.2, 0) is 14.3 Å². The third kappa shape index (κ3) is 5.26. The van der Waals surface area contributed by atoms with Gasteiger partial charge in [0.25, 0.3) is 0 Å². The molecule has 8 heteroatoms. The standard InChI is InChI=1S/C20H21NO6S/c1-12(28-15-8-6-14(25-2)7-9-15)18(22)21-17-11-13(19(23)26-3)5-10-16(17)20(24)27-4/h5-12H,1-4H3,(H,21,22)/t12-/m0/s1. The number of anilines is 1. The minimum Gasteiger partial charge on any atom is -0.497 e. The Balaban J connectivity index is 2.19. The van der Waals surface area contributed by atoms with Gasteiger partial charge in [0.15, 0.2) is 0 Å². The zero-order valence-electron chi connectivity index (χ0n) is 16.0. The van der Waals surface area contributed by atoms with E-state index in [1.807, 2.05) is 24.3 Å². The first-order valence-electron chi connectivity index (χ1n) is 8.31. The lowest BCUT2D eigenvalue weighted by atomic mass is 10.1. The Morgan fingerprint density at radius 2 is 1.57 bits per heavy atom. The summed E-state index contributed by atoms with van der Waals surface area (Å²) in [5, 5.41) is 2.24. The van der Waals surface area contributed by atoms with Gasteiger partial charge in [-0.1, -0.05) is 0 Å². The highest BCUT2D eigenvalue weighted by Gasteiger charge is 2.20. The Kier molecular flexibility index (Phi) is 7.45. The van der Waals surface area contributed by atoms with Crippen molar-refractivity contribution in [1.29, 1.82) is 0 Å². The molecule has 1 amide bonds. The van der Waals surface area contributed by atoms with Gasteiger partial charge in [-0.15, -0.1) is 11.8 Å². The van der Waals surface area contributed by atoms with E-state index < -0.39 is 17.2 Å². The summed E-state index contributed by atoms with van der Waals surface area (Å²) in [6.45, 7) is 1.74. The molecule has 0 saturated carbocycles. The Bertz CT molecular complexity index is 865. The predicted octanol–water partition coefficient (Wildman–Crippen LogP) is 3.39.